The number of benzene rings is 1. The van der Waals surface area contributed by atoms with Crippen molar-refractivity contribution in [2.75, 3.05) is 20.2 Å². The number of nitrogens with zero attached hydrogens (tertiary/aromatic N) is 3. The van der Waals surface area contributed by atoms with Gasteiger partial charge in [0.1, 0.15) is 5.75 Å². The quantitative estimate of drug-likeness (QED) is 0.324. The van der Waals surface area contributed by atoms with E-state index in [-0.39, 0.29) is 29.7 Å². The molecular formula is C18H24F3IN4OS. The number of aliphatic imine (C=N–C) groups is 1. The second-order valence-corrected chi connectivity index (χ2v) is 7.00. The summed E-state index contributed by atoms with van der Waals surface area (Å²) in [6, 6.07) is 6.53. The fourth-order valence-corrected chi connectivity index (χ4v) is 2.94. The van der Waals surface area contributed by atoms with E-state index in [4.69, 9.17) is 4.74 Å². The Labute approximate surface area is 184 Å². The van der Waals surface area contributed by atoms with E-state index >= 15 is 0 Å². The molecule has 0 radical (unpaired) electrons. The number of rotatable bonds is 7. The Morgan fingerprint density at radius 2 is 2.11 bits per heavy atom. The van der Waals surface area contributed by atoms with E-state index in [1.807, 2.05) is 31.2 Å². The van der Waals surface area contributed by atoms with E-state index in [9.17, 15) is 13.2 Å². The number of thiazole rings is 1. The molecule has 0 amide bonds. The molecule has 2 aromatic rings. The highest BCUT2D eigenvalue weighted by atomic mass is 127. The molecule has 0 saturated heterocycles. The summed E-state index contributed by atoms with van der Waals surface area (Å²) < 4.78 is 41.6. The third kappa shape index (κ3) is 8.63. The van der Waals surface area contributed by atoms with Gasteiger partial charge in [-0.3, -0.25) is 0 Å². The SMILES string of the molecule is CCNC(=NCc1cccc(OCC(F)(F)F)c1)N(C)Cc1csc(C)n1.I. The molecule has 0 atom stereocenters. The van der Waals surface area contributed by atoms with Crippen molar-refractivity contribution in [1.82, 2.24) is 15.2 Å². The van der Waals surface area contributed by atoms with Gasteiger partial charge in [-0.1, -0.05) is 12.1 Å². The van der Waals surface area contributed by atoms with Gasteiger partial charge in [0.2, 0.25) is 0 Å². The average Bonchev–Trinajstić information content (AvgIpc) is 3.01. The zero-order chi connectivity index (χ0) is 19.9. The number of aromatic nitrogens is 1. The van der Waals surface area contributed by atoms with Gasteiger partial charge >= 0.3 is 6.18 Å². The van der Waals surface area contributed by atoms with Crippen molar-refractivity contribution in [3.8, 4) is 5.75 Å². The van der Waals surface area contributed by atoms with Crippen molar-refractivity contribution in [1.29, 1.82) is 0 Å². The van der Waals surface area contributed by atoms with Crippen molar-refractivity contribution in [3.63, 3.8) is 0 Å². The zero-order valence-corrected chi connectivity index (χ0v) is 19.1. The molecule has 1 aromatic heterocycles. The molecule has 0 aliphatic heterocycles. The van der Waals surface area contributed by atoms with Gasteiger partial charge in [0.15, 0.2) is 12.6 Å². The van der Waals surface area contributed by atoms with Crippen LogP contribution in [0.2, 0.25) is 0 Å². The van der Waals surface area contributed by atoms with Gasteiger partial charge in [0, 0.05) is 19.0 Å². The standard InChI is InChI=1S/C18H23F3N4OS.HI/c1-4-22-17(25(3)10-15-11-27-13(2)24-15)23-9-14-6-5-7-16(8-14)26-12-18(19,20)21;/h5-8,11H,4,9-10,12H2,1-3H3,(H,22,23);1H. The fourth-order valence-electron chi connectivity index (χ4n) is 2.33. The van der Waals surface area contributed by atoms with Crippen LogP contribution in [0.4, 0.5) is 13.2 Å². The molecule has 156 valence electrons. The van der Waals surface area contributed by atoms with Crippen LogP contribution in [0.3, 0.4) is 0 Å². The van der Waals surface area contributed by atoms with Crippen LogP contribution in [-0.2, 0) is 13.1 Å². The zero-order valence-electron chi connectivity index (χ0n) is 15.9. The van der Waals surface area contributed by atoms with Crippen LogP contribution >= 0.6 is 35.3 Å². The number of alkyl halides is 3. The molecule has 5 nitrogen and oxygen atoms in total. The van der Waals surface area contributed by atoms with Gasteiger partial charge in [0.25, 0.3) is 0 Å². The lowest BCUT2D eigenvalue weighted by molar-refractivity contribution is -0.153. The van der Waals surface area contributed by atoms with Gasteiger partial charge < -0.3 is 15.0 Å². The Balaban J connectivity index is 0.00000392. The van der Waals surface area contributed by atoms with Crippen molar-refractivity contribution in [2.45, 2.75) is 33.1 Å². The number of aryl methyl sites for hydroxylation is 1. The number of ether oxygens (including phenoxy) is 1. The van der Waals surface area contributed by atoms with Crippen molar-refractivity contribution in [3.05, 3.63) is 45.9 Å². The summed E-state index contributed by atoms with van der Waals surface area (Å²) >= 11 is 1.60. The Morgan fingerprint density at radius 3 is 2.71 bits per heavy atom. The minimum absolute atomic E-state index is 0. The first-order valence-corrected chi connectivity index (χ1v) is 9.33. The molecule has 0 aliphatic rings. The summed E-state index contributed by atoms with van der Waals surface area (Å²) in [6.07, 6.45) is -4.36. The van der Waals surface area contributed by atoms with E-state index in [1.165, 1.54) is 6.07 Å². The highest BCUT2D eigenvalue weighted by Crippen LogP contribution is 2.19. The van der Waals surface area contributed by atoms with Crippen LogP contribution in [0.25, 0.3) is 0 Å². The Kier molecular flexibility index (Phi) is 10.0. The third-order valence-electron chi connectivity index (χ3n) is 3.47. The Bertz CT molecular complexity index is 767. The van der Waals surface area contributed by atoms with Crippen LogP contribution < -0.4 is 10.1 Å². The molecule has 0 saturated carbocycles. The normalized spacial score (nSPS) is 11.7. The molecule has 0 unspecified atom stereocenters. The topological polar surface area (TPSA) is 49.8 Å². The third-order valence-corrected chi connectivity index (χ3v) is 4.30. The minimum Gasteiger partial charge on any atom is -0.484 e. The summed E-state index contributed by atoms with van der Waals surface area (Å²) in [4.78, 5) is 11.0. The lowest BCUT2D eigenvalue weighted by atomic mass is 10.2. The maximum absolute atomic E-state index is 12.3. The van der Waals surface area contributed by atoms with Crippen molar-refractivity contribution in [2.24, 2.45) is 4.99 Å². The van der Waals surface area contributed by atoms with E-state index in [2.05, 4.69) is 15.3 Å². The summed E-state index contributed by atoms with van der Waals surface area (Å²) in [5, 5.41) is 6.23. The molecule has 0 spiro atoms. The van der Waals surface area contributed by atoms with Crippen molar-refractivity contribution >= 4 is 41.3 Å². The summed E-state index contributed by atoms with van der Waals surface area (Å²) in [6.45, 7) is 4.27. The van der Waals surface area contributed by atoms with E-state index < -0.39 is 12.8 Å². The monoisotopic (exact) mass is 528 g/mol. The first-order chi connectivity index (χ1) is 12.8. The van der Waals surface area contributed by atoms with E-state index in [0.29, 0.717) is 25.6 Å². The molecule has 28 heavy (non-hydrogen) atoms. The van der Waals surface area contributed by atoms with E-state index in [1.54, 1.807) is 29.5 Å². The first-order valence-electron chi connectivity index (χ1n) is 8.46. The maximum atomic E-state index is 12.3. The van der Waals surface area contributed by atoms with Crippen LogP contribution in [-0.4, -0.2) is 42.2 Å². The van der Waals surface area contributed by atoms with Crippen LogP contribution in [0.1, 0.15) is 23.2 Å². The summed E-state index contributed by atoms with van der Waals surface area (Å²) in [7, 11) is 1.92. The molecule has 1 N–H and O–H groups in total. The molecule has 1 aromatic carbocycles. The smallest absolute Gasteiger partial charge is 0.422 e. The molecule has 2 rings (SSSR count). The van der Waals surface area contributed by atoms with E-state index in [0.717, 1.165) is 16.3 Å². The number of hydrogen-bond acceptors (Lipinski definition) is 4. The van der Waals surface area contributed by atoms with Gasteiger partial charge in [0.05, 0.1) is 23.8 Å². The molecule has 0 fully saturated rings. The number of guanidine groups is 1. The highest BCUT2D eigenvalue weighted by molar-refractivity contribution is 14.0. The van der Waals surface area contributed by atoms with Gasteiger partial charge in [-0.25, -0.2) is 9.98 Å². The molecule has 1 heterocycles. The predicted molar refractivity (Wildman–Crippen MR) is 117 cm³/mol. The second-order valence-electron chi connectivity index (χ2n) is 5.94. The van der Waals surface area contributed by atoms with Gasteiger partial charge in [-0.05, 0) is 31.5 Å². The molecular weight excluding hydrogens is 504 g/mol. The van der Waals surface area contributed by atoms with Crippen LogP contribution in [0, 0.1) is 6.92 Å². The largest absolute Gasteiger partial charge is 0.484 e. The lowest BCUT2D eigenvalue weighted by Crippen LogP contribution is -2.38. The number of halogens is 4. The van der Waals surface area contributed by atoms with Crippen LogP contribution in [0.5, 0.6) is 5.75 Å². The Morgan fingerprint density at radius 1 is 1.36 bits per heavy atom. The molecule has 10 heteroatoms. The summed E-state index contributed by atoms with van der Waals surface area (Å²) in [5.41, 5.74) is 1.73. The average molecular weight is 528 g/mol. The summed E-state index contributed by atoms with van der Waals surface area (Å²) in [5.74, 6) is 0.876. The second kappa shape index (κ2) is 11.4. The predicted octanol–water partition coefficient (Wildman–Crippen LogP) is 4.61. The number of nitrogens with one attached hydrogen (secondary N) is 1. The first kappa shape index (κ1) is 24.5. The number of hydrogen-bond donors (Lipinski definition) is 1. The van der Waals surface area contributed by atoms with Gasteiger partial charge in [-0.15, -0.1) is 35.3 Å². The minimum atomic E-state index is -4.36. The van der Waals surface area contributed by atoms with Gasteiger partial charge in [-0.2, -0.15) is 13.2 Å². The fraction of sp³-hybridized carbons (Fsp3) is 0.444. The van der Waals surface area contributed by atoms with Crippen molar-refractivity contribution < 1.29 is 17.9 Å². The lowest BCUT2D eigenvalue weighted by Gasteiger charge is -2.21. The molecule has 0 aliphatic carbocycles. The molecule has 0 bridgehead atoms. The van der Waals surface area contributed by atoms with Crippen LogP contribution in [0.15, 0.2) is 34.6 Å². The Hall–Kier alpha value is -1.56. The maximum Gasteiger partial charge on any atom is 0.422 e. The highest BCUT2D eigenvalue weighted by Gasteiger charge is 2.28.